The molecule has 0 saturated carbocycles. The number of rotatable bonds is 6. The molecule has 0 unspecified atom stereocenters. The molecule has 0 aromatic carbocycles. The Morgan fingerprint density at radius 2 is 1.79 bits per heavy atom. The maximum absolute atomic E-state index is 11.7. The van der Waals surface area contributed by atoms with Crippen LogP contribution < -0.4 is 10.6 Å². The highest BCUT2D eigenvalue weighted by Gasteiger charge is 2.25. The Labute approximate surface area is 117 Å². The number of pyridine rings is 1. The highest BCUT2D eigenvalue weighted by Crippen LogP contribution is 2.16. The summed E-state index contributed by atoms with van der Waals surface area (Å²) < 4.78 is 0. The zero-order valence-corrected chi connectivity index (χ0v) is 11.8. The highest BCUT2D eigenvalue weighted by atomic mass is 35.5. The zero-order chi connectivity index (χ0) is 14.3. The molecule has 0 atom stereocenters. The second-order valence-corrected chi connectivity index (χ2v) is 5.03. The van der Waals surface area contributed by atoms with E-state index in [4.69, 9.17) is 11.6 Å². The lowest BCUT2D eigenvalue weighted by molar-refractivity contribution is -0.128. The van der Waals surface area contributed by atoms with Crippen LogP contribution in [0.25, 0.3) is 0 Å². The van der Waals surface area contributed by atoms with Gasteiger partial charge in [0.1, 0.15) is 0 Å². The van der Waals surface area contributed by atoms with Crippen molar-refractivity contribution in [1.82, 2.24) is 15.6 Å². The van der Waals surface area contributed by atoms with Crippen LogP contribution in [-0.4, -0.2) is 35.8 Å². The molecule has 0 spiro atoms. The molecule has 2 amide bonds. The van der Waals surface area contributed by atoms with Gasteiger partial charge in [0.25, 0.3) is 5.91 Å². The zero-order valence-electron chi connectivity index (χ0n) is 11.1. The third-order valence-electron chi connectivity index (χ3n) is 2.59. The van der Waals surface area contributed by atoms with E-state index in [-0.39, 0.29) is 17.7 Å². The first-order chi connectivity index (χ1) is 8.97. The van der Waals surface area contributed by atoms with Crippen molar-refractivity contribution in [2.75, 3.05) is 19.0 Å². The van der Waals surface area contributed by atoms with Crippen LogP contribution in [0.5, 0.6) is 0 Å². The Bertz CT molecular complexity index is 435. The van der Waals surface area contributed by atoms with Crippen molar-refractivity contribution in [2.45, 2.75) is 13.8 Å². The summed E-state index contributed by atoms with van der Waals surface area (Å²) in [5.41, 5.74) is -0.0566. The summed E-state index contributed by atoms with van der Waals surface area (Å²) in [6, 6.07) is 3.26. The van der Waals surface area contributed by atoms with Crippen LogP contribution >= 0.6 is 11.6 Å². The minimum Gasteiger partial charge on any atom is -0.354 e. The van der Waals surface area contributed by atoms with E-state index in [9.17, 15) is 9.59 Å². The number of carbonyl (C=O) groups excluding carboxylic acids is 2. The summed E-state index contributed by atoms with van der Waals surface area (Å²) in [6.45, 7) is 4.27. The fourth-order valence-electron chi connectivity index (χ4n) is 1.26. The molecule has 1 aromatic heterocycles. The van der Waals surface area contributed by atoms with Gasteiger partial charge in [-0.2, -0.15) is 0 Å². The first kappa shape index (κ1) is 15.4. The summed E-state index contributed by atoms with van der Waals surface area (Å²) in [5, 5.41) is 5.44. The van der Waals surface area contributed by atoms with Crippen molar-refractivity contribution in [3.63, 3.8) is 0 Å². The van der Waals surface area contributed by atoms with E-state index < -0.39 is 5.41 Å². The average Bonchev–Trinajstić information content (AvgIpc) is 2.43. The Balaban J connectivity index is 2.29. The van der Waals surface area contributed by atoms with Gasteiger partial charge in [-0.1, -0.05) is 0 Å². The topological polar surface area (TPSA) is 71.1 Å². The van der Waals surface area contributed by atoms with Gasteiger partial charge < -0.3 is 10.6 Å². The molecule has 0 aliphatic heterocycles. The molecule has 0 aliphatic rings. The van der Waals surface area contributed by atoms with Crippen molar-refractivity contribution in [3.05, 3.63) is 30.1 Å². The van der Waals surface area contributed by atoms with Crippen LogP contribution in [0.3, 0.4) is 0 Å². The minimum atomic E-state index is -0.601. The Morgan fingerprint density at radius 3 is 2.37 bits per heavy atom. The molecule has 1 aromatic rings. The first-order valence-corrected chi connectivity index (χ1v) is 6.53. The van der Waals surface area contributed by atoms with E-state index in [1.165, 1.54) is 0 Å². The standard InChI is InChI=1S/C13H18ClN3O2/c1-13(2,9-14)12(19)17-8-7-16-11(18)10-3-5-15-6-4-10/h3-6H,7-9H2,1-2H3,(H,16,18)(H,17,19). The van der Waals surface area contributed by atoms with Crippen LogP contribution in [-0.2, 0) is 4.79 Å². The summed E-state index contributed by atoms with van der Waals surface area (Å²) in [7, 11) is 0. The molecule has 1 heterocycles. The van der Waals surface area contributed by atoms with Crippen molar-refractivity contribution >= 4 is 23.4 Å². The monoisotopic (exact) mass is 283 g/mol. The molecule has 0 aliphatic carbocycles. The summed E-state index contributed by atoms with van der Waals surface area (Å²) >= 11 is 5.69. The molecular formula is C13H18ClN3O2. The van der Waals surface area contributed by atoms with Crippen molar-refractivity contribution in [1.29, 1.82) is 0 Å². The van der Waals surface area contributed by atoms with Gasteiger partial charge in [0.2, 0.25) is 5.91 Å². The van der Waals surface area contributed by atoms with Crippen LogP contribution in [0.15, 0.2) is 24.5 Å². The van der Waals surface area contributed by atoms with Gasteiger partial charge >= 0.3 is 0 Å². The number of hydrogen-bond acceptors (Lipinski definition) is 3. The second-order valence-electron chi connectivity index (χ2n) is 4.77. The number of nitrogens with zero attached hydrogens (tertiary/aromatic N) is 1. The number of nitrogens with one attached hydrogen (secondary N) is 2. The van der Waals surface area contributed by atoms with E-state index in [0.717, 1.165) is 0 Å². The van der Waals surface area contributed by atoms with Gasteiger partial charge in [0, 0.05) is 36.9 Å². The molecule has 5 nitrogen and oxygen atoms in total. The maximum atomic E-state index is 11.7. The molecule has 0 fully saturated rings. The van der Waals surface area contributed by atoms with Crippen LogP contribution in [0, 0.1) is 5.41 Å². The van der Waals surface area contributed by atoms with E-state index in [2.05, 4.69) is 15.6 Å². The molecule has 2 N–H and O–H groups in total. The molecule has 0 bridgehead atoms. The Kier molecular flexibility index (Phi) is 5.76. The molecule has 0 radical (unpaired) electrons. The van der Waals surface area contributed by atoms with Gasteiger partial charge in [0.15, 0.2) is 0 Å². The predicted octanol–water partition coefficient (Wildman–Crippen LogP) is 1.19. The minimum absolute atomic E-state index is 0.124. The largest absolute Gasteiger partial charge is 0.354 e. The fraction of sp³-hybridized carbons (Fsp3) is 0.462. The summed E-state index contributed by atoms with van der Waals surface area (Å²) in [6.07, 6.45) is 3.11. The van der Waals surface area contributed by atoms with Crippen molar-refractivity contribution in [2.24, 2.45) is 5.41 Å². The van der Waals surface area contributed by atoms with Crippen LogP contribution in [0.1, 0.15) is 24.2 Å². The van der Waals surface area contributed by atoms with Gasteiger partial charge in [-0.05, 0) is 26.0 Å². The average molecular weight is 284 g/mol. The number of carbonyl (C=O) groups is 2. The SMILES string of the molecule is CC(C)(CCl)C(=O)NCCNC(=O)c1ccncc1. The molecule has 0 saturated heterocycles. The van der Waals surface area contributed by atoms with Crippen LogP contribution in [0.4, 0.5) is 0 Å². The summed E-state index contributed by atoms with van der Waals surface area (Å²) in [4.78, 5) is 27.2. The smallest absolute Gasteiger partial charge is 0.251 e. The molecule has 1 rings (SSSR count). The number of amides is 2. The Hall–Kier alpha value is -1.62. The van der Waals surface area contributed by atoms with Crippen molar-refractivity contribution in [3.8, 4) is 0 Å². The second kappa shape index (κ2) is 7.09. The number of aromatic nitrogens is 1. The van der Waals surface area contributed by atoms with Gasteiger partial charge in [-0.25, -0.2) is 0 Å². The Morgan fingerprint density at radius 1 is 1.21 bits per heavy atom. The molecule has 6 heteroatoms. The van der Waals surface area contributed by atoms with Crippen molar-refractivity contribution < 1.29 is 9.59 Å². The molecule has 104 valence electrons. The van der Waals surface area contributed by atoms with E-state index in [0.29, 0.717) is 18.7 Å². The third-order valence-corrected chi connectivity index (χ3v) is 3.26. The van der Waals surface area contributed by atoms with Crippen LogP contribution in [0.2, 0.25) is 0 Å². The van der Waals surface area contributed by atoms with Gasteiger partial charge in [-0.15, -0.1) is 11.6 Å². The quantitative estimate of drug-likeness (QED) is 0.609. The lowest BCUT2D eigenvalue weighted by Gasteiger charge is -2.20. The van der Waals surface area contributed by atoms with Gasteiger partial charge in [0.05, 0.1) is 5.41 Å². The van der Waals surface area contributed by atoms with Gasteiger partial charge in [-0.3, -0.25) is 14.6 Å². The third kappa shape index (κ3) is 4.87. The number of alkyl halides is 1. The maximum Gasteiger partial charge on any atom is 0.251 e. The normalized spacial score (nSPS) is 10.9. The van der Waals surface area contributed by atoms with E-state index in [1.807, 2.05) is 0 Å². The lowest BCUT2D eigenvalue weighted by atomic mass is 9.95. The fourth-order valence-corrected chi connectivity index (χ4v) is 1.38. The predicted molar refractivity (Wildman–Crippen MR) is 74.1 cm³/mol. The number of halogens is 1. The number of hydrogen-bond donors (Lipinski definition) is 2. The highest BCUT2D eigenvalue weighted by molar-refractivity contribution is 6.19. The molecular weight excluding hydrogens is 266 g/mol. The molecule has 19 heavy (non-hydrogen) atoms. The summed E-state index contributed by atoms with van der Waals surface area (Å²) in [5.74, 6) is -0.0590. The van der Waals surface area contributed by atoms with E-state index in [1.54, 1.807) is 38.4 Å². The first-order valence-electron chi connectivity index (χ1n) is 6.00. The van der Waals surface area contributed by atoms with E-state index >= 15 is 0 Å². The lowest BCUT2D eigenvalue weighted by Crippen LogP contribution is -2.41.